The lowest BCUT2D eigenvalue weighted by Gasteiger charge is -2.32. The summed E-state index contributed by atoms with van der Waals surface area (Å²) < 4.78 is 0. The van der Waals surface area contributed by atoms with Gasteiger partial charge in [0, 0.05) is 19.5 Å². The molecule has 3 rings (SSSR count). The molecular formula is C30H36N2O2. The lowest BCUT2D eigenvalue weighted by atomic mass is 10.00. The fraction of sp³-hybridized carbons (Fsp3) is 0.333. The van der Waals surface area contributed by atoms with Crippen molar-refractivity contribution in [2.45, 2.75) is 53.1 Å². The summed E-state index contributed by atoms with van der Waals surface area (Å²) in [5.41, 5.74) is 5.37. The molecule has 0 saturated heterocycles. The molecule has 3 aromatic carbocycles. The third kappa shape index (κ3) is 7.31. The molecule has 0 radical (unpaired) electrons. The van der Waals surface area contributed by atoms with Crippen LogP contribution in [0.25, 0.3) is 0 Å². The number of aryl methyl sites for hydroxylation is 2. The summed E-state index contributed by atoms with van der Waals surface area (Å²) in [7, 11) is 0. The van der Waals surface area contributed by atoms with Crippen molar-refractivity contribution in [1.29, 1.82) is 0 Å². The quantitative estimate of drug-likeness (QED) is 0.452. The van der Waals surface area contributed by atoms with Crippen LogP contribution in [-0.4, -0.2) is 29.3 Å². The van der Waals surface area contributed by atoms with Gasteiger partial charge in [-0.2, -0.15) is 0 Å². The van der Waals surface area contributed by atoms with E-state index in [1.165, 1.54) is 5.56 Å². The molecule has 0 aliphatic heterocycles. The van der Waals surface area contributed by atoms with Gasteiger partial charge in [-0.25, -0.2) is 0 Å². The highest BCUT2D eigenvalue weighted by Gasteiger charge is 2.30. The third-order valence-corrected chi connectivity index (χ3v) is 6.08. The van der Waals surface area contributed by atoms with Gasteiger partial charge < -0.3 is 10.2 Å². The maximum Gasteiger partial charge on any atom is 0.243 e. The second-order valence-electron chi connectivity index (χ2n) is 9.45. The van der Waals surface area contributed by atoms with Crippen molar-refractivity contribution in [3.63, 3.8) is 0 Å². The zero-order chi connectivity index (χ0) is 24.5. The van der Waals surface area contributed by atoms with Crippen LogP contribution >= 0.6 is 0 Å². The smallest absolute Gasteiger partial charge is 0.243 e. The van der Waals surface area contributed by atoms with Crippen LogP contribution in [0.2, 0.25) is 0 Å². The van der Waals surface area contributed by atoms with Crippen LogP contribution in [0, 0.1) is 19.8 Å². The van der Waals surface area contributed by atoms with E-state index in [-0.39, 0.29) is 18.2 Å². The molecule has 0 spiro atoms. The predicted octanol–water partition coefficient (Wildman–Crippen LogP) is 5.26. The highest BCUT2D eigenvalue weighted by molar-refractivity contribution is 5.88. The van der Waals surface area contributed by atoms with E-state index in [1.54, 1.807) is 4.90 Å². The van der Waals surface area contributed by atoms with Crippen LogP contribution in [0.5, 0.6) is 0 Å². The largest absolute Gasteiger partial charge is 0.354 e. The first-order valence-corrected chi connectivity index (χ1v) is 12.0. The van der Waals surface area contributed by atoms with Crippen molar-refractivity contribution in [3.8, 4) is 0 Å². The minimum Gasteiger partial charge on any atom is -0.354 e. The Morgan fingerprint density at radius 1 is 0.794 bits per heavy atom. The molecule has 2 amide bonds. The van der Waals surface area contributed by atoms with E-state index in [4.69, 9.17) is 0 Å². The summed E-state index contributed by atoms with van der Waals surface area (Å²) >= 11 is 0. The molecular weight excluding hydrogens is 420 g/mol. The normalized spacial score (nSPS) is 11.8. The van der Waals surface area contributed by atoms with Crippen molar-refractivity contribution < 1.29 is 9.59 Å². The van der Waals surface area contributed by atoms with Gasteiger partial charge in [-0.1, -0.05) is 92.7 Å². The standard InChI is InChI=1S/C30H36N2O2/c1-22(2)20-31-30(34)28(18-25-11-7-5-8-12-25)32(21-26-13-9-6-10-14-26)29(33)19-27-16-15-23(3)24(4)17-27/h5-17,22,28H,18-21H2,1-4H3,(H,31,34)/t28-/m1/s1. The average Bonchev–Trinajstić information content (AvgIpc) is 2.83. The first-order chi connectivity index (χ1) is 16.3. The second-order valence-corrected chi connectivity index (χ2v) is 9.45. The van der Waals surface area contributed by atoms with E-state index in [2.05, 4.69) is 45.1 Å². The number of carbonyl (C=O) groups is 2. The molecule has 1 atom stereocenters. The molecule has 0 bridgehead atoms. The van der Waals surface area contributed by atoms with Crippen LogP contribution in [-0.2, 0) is 29.0 Å². The molecule has 0 aliphatic rings. The molecule has 178 valence electrons. The predicted molar refractivity (Wildman–Crippen MR) is 138 cm³/mol. The Morgan fingerprint density at radius 3 is 2.00 bits per heavy atom. The van der Waals surface area contributed by atoms with Crippen molar-refractivity contribution in [3.05, 3.63) is 107 Å². The number of hydrogen-bond acceptors (Lipinski definition) is 2. The maximum absolute atomic E-state index is 13.7. The molecule has 3 aromatic rings. The molecule has 34 heavy (non-hydrogen) atoms. The van der Waals surface area contributed by atoms with Crippen LogP contribution < -0.4 is 5.32 Å². The van der Waals surface area contributed by atoms with Gasteiger partial charge in [0.1, 0.15) is 6.04 Å². The van der Waals surface area contributed by atoms with E-state index in [9.17, 15) is 9.59 Å². The summed E-state index contributed by atoms with van der Waals surface area (Å²) in [4.78, 5) is 28.9. The van der Waals surface area contributed by atoms with Crippen LogP contribution in [0.1, 0.15) is 41.7 Å². The Hall–Kier alpha value is -3.40. The number of benzene rings is 3. The van der Waals surface area contributed by atoms with Gasteiger partial charge >= 0.3 is 0 Å². The summed E-state index contributed by atoms with van der Waals surface area (Å²) in [6, 6.07) is 25.3. The van der Waals surface area contributed by atoms with Crippen molar-refractivity contribution in [1.82, 2.24) is 10.2 Å². The van der Waals surface area contributed by atoms with Gasteiger partial charge in [-0.15, -0.1) is 0 Å². The topological polar surface area (TPSA) is 49.4 Å². The number of nitrogens with one attached hydrogen (secondary N) is 1. The van der Waals surface area contributed by atoms with Gasteiger partial charge in [0.2, 0.25) is 11.8 Å². The molecule has 0 aliphatic carbocycles. The number of rotatable bonds is 10. The van der Waals surface area contributed by atoms with Crippen LogP contribution in [0.4, 0.5) is 0 Å². The molecule has 1 N–H and O–H groups in total. The first-order valence-electron chi connectivity index (χ1n) is 12.0. The van der Waals surface area contributed by atoms with Crippen LogP contribution in [0.3, 0.4) is 0 Å². The van der Waals surface area contributed by atoms with E-state index >= 15 is 0 Å². The van der Waals surface area contributed by atoms with E-state index in [0.29, 0.717) is 25.4 Å². The summed E-state index contributed by atoms with van der Waals surface area (Å²) in [6.45, 7) is 9.23. The van der Waals surface area contributed by atoms with Gasteiger partial charge in [0.15, 0.2) is 0 Å². The SMILES string of the molecule is Cc1ccc(CC(=O)N(Cc2ccccc2)[C@H](Cc2ccccc2)C(=O)NCC(C)C)cc1C. The molecule has 0 aromatic heterocycles. The number of amides is 2. The highest BCUT2D eigenvalue weighted by atomic mass is 16.2. The minimum absolute atomic E-state index is 0.0484. The van der Waals surface area contributed by atoms with Crippen molar-refractivity contribution in [2.24, 2.45) is 5.92 Å². The molecule has 4 nitrogen and oxygen atoms in total. The van der Waals surface area contributed by atoms with E-state index in [1.807, 2.05) is 66.7 Å². The average molecular weight is 457 g/mol. The van der Waals surface area contributed by atoms with Crippen molar-refractivity contribution >= 4 is 11.8 Å². The molecule has 0 unspecified atom stereocenters. The lowest BCUT2D eigenvalue weighted by Crippen LogP contribution is -2.51. The van der Waals surface area contributed by atoms with Crippen molar-refractivity contribution in [2.75, 3.05) is 6.54 Å². The highest BCUT2D eigenvalue weighted by Crippen LogP contribution is 2.18. The number of carbonyl (C=O) groups excluding carboxylic acids is 2. The van der Waals surface area contributed by atoms with Gasteiger partial charge in [0.05, 0.1) is 6.42 Å². The Kier molecular flexibility index (Phi) is 9.03. The lowest BCUT2D eigenvalue weighted by molar-refractivity contribution is -0.140. The Labute approximate surface area is 204 Å². The summed E-state index contributed by atoms with van der Waals surface area (Å²) in [5.74, 6) is 0.171. The molecule has 4 heteroatoms. The number of nitrogens with zero attached hydrogens (tertiary/aromatic N) is 1. The number of hydrogen-bond donors (Lipinski definition) is 1. The first kappa shape index (κ1) is 25.2. The Morgan fingerprint density at radius 2 is 1.41 bits per heavy atom. The zero-order valence-corrected chi connectivity index (χ0v) is 20.8. The van der Waals surface area contributed by atoms with E-state index < -0.39 is 6.04 Å². The minimum atomic E-state index is -0.597. The zero-order valence-electron chi connectivity index (χ0n) is 20.8. The molecule has 0 saturated carbocycles. The van der Waals surface area contributed by atoms with Gasteiger partial charge in [-0.3, -0.25) is 9.59 Å². The van der Waals surface area contributed by atoms with Crippen LogP contribution in [0.15, 0.2) is 78.9 Å². The fourth-order valence-electron chi connectivity index (χ4n) is 3.95. The van der Waals surface area contributed by atoms with Gasteiger partial charge in [0.25, 0.3) is 0 Å². The second kappa shape index (κ2) is 12.2. The fourth-order valence-corrected chi connectivity index (χ4v) is 3.95. The monoisotopic (exact) mass is 456 g/mol. The Balaban J connectivity index is 1.94. The Bertz CT molecular complexity index is 1080. The van der Waals surface area contributed by atoms with Gasteiger partial charge in [-0.05, 0) is 47.6 Å². The molecule has 0 heterocycles. The maximum atomic E-state index is 13.7. The van der Waals surface area contributed by atoms with E-state index in [0.717, 1.165) is 22.3 Å². The third-order valence-electron chi connectivity index (χ3n) is 6.08. The summed E-state index contributed by atoms with van der Waals surface area (Å²) in [6.07, 6.45) is 0.729. The molecule has 0 fully saturated rings. The summed E-state index contributed by atoms with van der Waals surface area (Å²) in [5, 5.41) is 3.07.